The minimum atomic E-state index is -0.179. The van der Waals surface area contributed by atoms with E-state index in [0.717, 1.165) is 0 Å². The van der Waals surface area contributed by atoms with Gasteiger partial charge < -0.3 is 0 Å². The highest BCUT2D eigenvalue weighted by Gasteiger charge is 2.04. The molecule has 0 heterocycles. The molecule has 0 aliphatic carbocycles. The van der Waals surface area contributed by atoms with Crippen LogP contribution in [0.15, 0.2) is 73.9 Å². The summed E-state index contributed by atoms with van der Waals surface area (Å²) in [4.78, 5) is 11.5. The molecule has 0 aromatic carbocycles. The van der Waals surface area contributed by atoms with Crippen molar-refractivity contribution in [3.8, 4) is 0 Å². The summed E-state index contributed by atoms with van der Waals surface area (Å²) in [6.45, 7) is 14.2. The van der Waals surface area contributed by atoms with Gasteiger partial charge in [-0.3, -0.25) is 4.79 Å². The third-order valence-electron chi connectivity index (χ3n) is 1.45. The highest BCUT2D eigenvalue weighted by molar-refractivity contribution is 6.11. The van der Waals surface area contributed by atoms with Gasteiger partial charge in [0.25, 0.3) is 0 Å². The SMILES string of the molecule is C=C/C=C\C(=C)C(=O)C(=C)/C=C\C=C. The molecule has 0 N–H and O–H groups in total. The molecule has 0 spiro atoms. The highest BCUT2D eigenvalue weighted by atomic mass is 16.1. The number of carbonyl (C=O) groups is 1. The number of hydrogen-bond donors (Lipinski definition) is 0. The van der Waals surface area contributed by atoms with Gasteiger partial charge in [0.05, 0.1) is 0 Å². The van der Waals surface area contributed by atoms with Crippen LogP contribution in [-0.2, 0) is 4.79 Å². The maximum atomic E-state index is 11.5. The number of ketones is 1. The van der Waals surface area contributed by atoms with E-state index in [4.69, 9.17) is 0 Å². The van der Waals surface area contributed by atoms with Gasteiger partial charge in [-0.25, -0.2) is 0 Å². The fraction of sp³-hybridized carbons (Fsp3) is 0. The van der Waals surface area contributed by atoms with Crippen molar-refractivity contribution in [1.29, 1.82) is 0 Å². The Bertz CT molecular complexity index is 295. The summed E-state index contributed by atoms with van der Waals surface area (Å²) in [6.07, 6.45) is 9.68. The Morgan fingerprint density at radius 1 is 0.857 bits per heavy atom. The van der Waals surface area contributed by atoms with E-state index in [1.165, 1.54) is 0 Å². The van der Waals surface area contributed by atoms with Crippen molar-refractivity contribution in [3.05, 3.63) is 73.9 Å². The first-order chi connectivity index (χ1) is 6.63. The lowest BCUT2D eigenvalue weighted by atomic mass is 10.1. The molecule has 0 saturated heterocycles. The Morgan fingerprint density at radius 3 is 1.50 bits per heavy atom. The molecule has 14 heavy (non-hydrogen) atoms. The Morgan fingerprint density at radius 2 is 1.21 bits per heavy atom. The number of Topliss-reactive ketones (excluding diaryl/α,β-unsaturated/α-hetero) is 1. The zero-order valence-corrected chi connectivity index (χ0v) is 8.20. The quantitative estimate of drug-likeness (QED) is 0.460. The van der Waals surface area contributed by atoms with Crippen LogP contribution < -0.4 is 0 Å². The molecule has 0 aliphatic heterocycles. The predicted octanol–water partition coefficient (Wildman–Crippen LogP) is 3.15. The molecule has 0 bridgehead atoms. The van der Waals surface area contributed by atoms with Crippen LogP contribution in [-0.4, -0.2) is 5.78 Å². The van der Waals surface area contributed by atoms with Crippen molar-refractivity contribution in [2.75, 3.05) is 0 Å². The van der Waals surface area contributed by atoms with Gasteiger partial charge in [-0.1, -0.05) is 62.8 Å². The zero-order valence-electron chi connectivity index (χ0n) is 8.20. The smallest absolute Gasteiger partial charge is 0.191 e. The average Bonchev–Trinajstić information content (AvgIpc) is 2.21. The van der Waals surface area contributed by atoms with Gasteiger partial charge in [0.15, 0.2) is 5.78 Å². The average molecular weight is 186 g/mol. The summed E-state index contributed by atoms with van der Waals surface area (Å²) in [6, 6.07) is 0. The molecule has 0 aliphatic rings. The Kier molecular flexibility index (Phi) is 5.72. The minimum Gasteiger partial charge on any atom is -0.289 e. The van der Waals surface area contributed by atoms with Gasteiger partial charge in [-0.15, -0.1) is 0 Å². The Labute approximate surface area is 85.1 Å². The molecular weight excluding hydrogens is 172 g/mol. The van der Waals surface area contributed by atoms with Crippen LogP contribution in [0.3, 0.4) is 0 Å². The summed E-state index contributed by atoms with van der Waals surface area (Å²) in [5.74, 6) is -0.179. The predicted molar refractivity (Wildman–Crippen MR) is 62.0 cm³/mol. The van der Waals surface area contributed by atoms with Gasteiger partial charge in [0.1, 0.15) is 0 Å². The van der Waals surface area contributed by atoms with Gasteiger partial charge in [-0.2, -0.15) is 0 Å². The Hall–Kier alpha value is -1.89. The fourth-order valence-electron chi connectivity index (χ4n) is 0.726. The molecule has 0 aromatic heterocycles. The van der Waals surface area contributed by atoms with Crippen LogP contribution in [0, 0.1) is 0 Å². The lowest BCUT2D eigenvalue weighted by Crippen LogP contribution is -2.00. The highest BCUT2D eigenvalue weighted by Crippen LogP contribution is 2.05. The van der Waals surface area contributed by atoms with Crippen molar-refractivity contribution < 1.29 is 4.79 Å². The van der Waals surface area contributed by atoms with Crippen molar-refractivity contribution >= 4 is 5.78 Å². The summed E-state index contributed by atoms with van der Waals surface area (Å²) in [5.41, 5.74) is 0.784. The fourth-order valence-corrected chi connectivity index (χ4v) is 0.726. The van der Waals surface area contributed by atoms with E-state index >= 15 is 0 Å². The molecule has 0 fully saturated rings. The molecule has 0 rings (SSSR count). The normalized spacial score (nSPS) is 10.3. The molecule has 72 valence electrons. The molecule has 1 nitrogen and oxygen atoms in total. The molecule has 1 heteroatoms. The van der Waals surface area contributed by atoms with Crippen LogP contribution in [0.1, 0.15) is 0 Å². The first kappa shape index (κ1) is 12.1. The maximum absolute atomic E-state index is 11.5. The van der Waals surface area contributed by atoms with Crippen molar-refractivity contribution in [2.24, 2.45) is 0 Å². The van der Waals surface area contributed by atoms with Gasteiger partial charge >= 0.3 is 0 Å². The number of carbonyl (C=O) groups excluding carboxylic acids is 1. The van der Waals surface area contributed by atoms with Crippen LogP contribution in [0.5, 0.6) is 0 Å². The minimum absolute atomic E-state index is 0.179. The molecular formula is C13H14O. The van der Waals surface area contributed by atoms with Crippen LogP contribution in [0.25, 0.3) is 0 Å². The van der Waals surface area contributed by atoms with Crippen LogP contribution in [0.4, 0.5) is 0 Å². The van der Waals surface area contributed by atoms with Gasteiger partial charge in [0.2, 0.25) is 0 Å². The van der Waals surface area contributed by atoms with Crippen LogP contribution in [0.2, 0.25) is 0 Å². The first-order valence-corrected chi connectivity index (χ1v) is 4.14. The van der Waals surface area contributed by atoms with E-state index in [0.29, 0.717) is 11.1 Å². The van der Waals surface area contributed by atoms with Crippen molar-refractivity contribution in [2.45, 2.75) is 0 Å². The summed E-state index contributed by atoms with van der Waals surface area (Å²) < 4.78 is 0. The molecule has 0 atom stereocenters. The maximum Gasteiger partial charge on any atom is 0.191 e. The molecule has 0 unspecified atom stereocenters. The van der Waals surface area contributed by atoms with Crippen molar-refractivity contribution in [3.63, 3.8) is 0 Å². The molecule has 0 aromatic rings. The number of rotatable bonds is 6. The molecule has 0 amide bonds. The second-order valence-corrected chi connectivity index (χ2v) is 2.57. The number of hydrogen-bond acceptors (Lipinski definition) is 1. The van der Waals surface area contributed by atoms with E-state index in [1.807, 2.05) is 0 Å². The second kappa shape index (κ2) is 6.61. The van der Waals surface area contributed by atoms with E-state index in [-0.39, 0.29) is 5.78 Å². The van der Waals surface area contributed by atoms with E-state index in [2.05, 4.69) is 26.3 Å². The number of allylic oxidation sites excluding steroid dienone is 8. The largest absolute Gasteiger partial charge is 0.289 e. The van der Waals surface area contributed by atoms with Gasteiger partial charge in [-0.05, 0) is 0 Å². The zero-order chi connectivity index (χ0) is 11.0. The second-order valence-electron chi connectivity index (χ2n) is 2.57. The van der Waals surface area contributed by atoms with Crippen LogP contribution >= 0.6 is 0 Å². The standard InChI is InChI=1S/C13H14O/c1-5-7-9-11(3)13(14)12(4)10-8-6-2/h5-10H,1-4H2/b9-7-,10-8-. The molecule has 0 saturated carbocycles. The van der Waals surface area contributed by atoms with E-state index in [1.54, 1.807) is 36.5 Å². The van der Waals surface area contributed by atoms with Crippen molar-refractivity contribution in [1.82, 2.24) is 0 Å². The third kappa shape index (κ3) is 4.21. The first-order valence-electron chi connectivity index (χ1n) is 4.14. The lowest BCUT2D eigenvalue weighted by molar-refractivity contribution is -0.111. The summed E-state index contributed by atoms with van der Waals surface area (Å²) in [7, 11) is 0. The lowest BCUT2D eigenvalue weighted by Gasteiger charge is -1.97. The van der Waals surface area contributed by atoms with E-state index < -0.39 is 0 Å². The summed E-state index contributed by atoms with van der Waals surface area (Å²) in [5, 5.41) is 0. The summed E-state index contributed by atoms with van der Waals surface area (Å²) >= 11 is 0. The van der Waals surface area contributed by atoms with E-state index in [9.17, 15) is 4.79 Å². The Balaban J connectivity index is 4.47. The van der Waals surface area contributed by atoms with Gasteiger partial charge in [0, 0.05) is 11.1 Å². The monoisotopic (exact) mass is 186 g/mol. The molecule has 0 radical (unpaired) electrons. The third-order valence-corrected chi connectivity index (χ3v) is 1.45. The topological polar surface area (TPSA) is 17.1 Å².